The molecule has 0 bridgehead atoms. The Morgan fingerprint density at radius 2 is 1.75 bits per heavy atom. The molecule has 1 amide bonds. The molecule has 0 atom stereocenters. The summed E-state index contributed by atoms with van der Waals surface area (Å²) >= 11 is 0. The molecule has 0 radical (unpaired) electrons. The average Bonchev–Trinajstić information content (AvgIpc) is 3.35. The van der Waals surface area contributed by atoms with Gasteiger partial charge in [-0.25, -0.2) is 8.78 Å². The Balaban J connectivity index is 1.46. The number of rotatable bonds is 8. The number of carbonyl (C=O) groups is 1. The van der Waals surface area contributed by atoms with E-state index in [2.05, 4.69) is 32.3 Å². The number of piperazine rings is 1. The van der Waals surface area contributed by atoms with Crippen LogP contribution < -0.4 is 30.7 Å². The second-order valence-electron chi connectivity index (χ2n) is 9.23. The smallest absolute Gasteiger partial charge is 0.293 e. The number of aromatic nitrogens is 1. The maximum Gasteiger partial charge on any atom is 0.293 e. The van der Waals surface area contributed by atoms with Crippen molar-refractivity contribution >= 4 is 45.3 Å². The fraction of sp³-hybridized carbons (Fsp3) is 0.286. The number of hydrogen-bond donors (Lipinski definition) is 3. The lowest BCUT2D eigenvalue weighted by atomic mass is 10.1. The van der Waals surface area contributed by atoms with Crippen LogP contribution in [-0.4, -0.2) is 62.7 Å². The largest absolute Gasteiger partial charge is 0.493 e. The number of anilines is 5. The highest BCUT2D eigenvalue weighted by Gasteiger charge is 2.27. The van der Waals surface area contributed by atoms with Gasteiger partial charge in [0, 0.05) is 49.5 Å². The van der Waals surface area contributed by atoms with Crippen molar-refractivity contribution in [3.63, 3.8) is 0 Å². The van der Waals surface area contributed by atoms with Crippen LogP contribution in [0.2, 0.25) is 0 Å². The molecule has 0 aliphatic carbocycles. The average molecular weight is 553 g/mol. The Morgan fingerprint density at radius 1 is 1.05 bits per heavy atom. The van der Waals surface area contributed by atoms with Crippen LogP contribution in [0.15, 0.2) is 47.1 Å². The van der Waals surface area contributed by atoms with E-state index in [1.54, 1.807) is 12.3 Å². The number of methoxy groups -OCH3 is 2. The second-order valence-corrected chi connectivity index (χ2v) is 9.23. The van der Waals surface area contributed by atoms with Crippen LogP contribution in [0.3, 0.4) is 0 Å². The normalized spacial score (nSPS) is 13.9. The van der Waals surface area contributed by atoms with Crippen LogP contribution in [0.25, 0.3) is 11.0 Å². The van der Waals surface area contributed by atoms with Crippen molar-refractivity contribution in [3.8, 4) is 11.5 Å². The van der Waals surface area contributed by atoms with E-state index < -0.39 is 23.2 Å². The summed E-state index contributed by atoms with van der Waals surface area (Å²) < 4.78 is 45.6. The van der Waals surface area contributed by atoms with Gasteiger partial charge in [-0.15, -0.1) is 0 Å². The molecule has 5 rings (SSSR count). The van der Waals surface area contributed by atoms with Gasteiger partial charge in [0.15, 0.2) is 28.7 Å². The van der Waals surface area contributed by atoms with Gasteiger partial charge in [0.05, 0.1) is 37.5 Å². The van der Waals surface area contributed by atoms with E-state index in [-0.39, 0.29) is 22.9 Å². The first-order chi connectivity index (χ1) is 19.3. The summed E-state index contributed by atoms with van der Waals surface area (Å²) in [7, 11) is 2.44. The Kier molecular flexibility index (Phi) is 7.60. The molecular formula is C28H30F2N6O4. The molecule has 1 aliphatic heterocycles. The second kappa shape index (κ2) is 11.3. The van der Waals surface area contributed by atoms with E-state index in [0.29, 0.717) is 22.3 Å². The molecule has 2 aromatic carbocycles. The van der Waals surface area contributed by atoms with Crippen LogP contribution in [0, 0.1) is 11.6 Å². The maximum absolute atomic E-state index is 14.9. The minimum atomic E-state index is -1.10. The molecule has 12 heteroatoms. The van der Waals surface area contributed by atoms with Crippen molar-refractivity contribution in [2.24, 2.45) is 0 Å². The molecule has 1 fully saturated rings. The van der Waals surface area contributed by atoms with Gasteiger partial charge < -0.3 is 40.1 Å². The highest BCUT2D eigenvalue weighted by molar-refractivity contribution is 6.12. The molecule has 1 aliphatic rings. The monoisotopic (exact) mass is 552 g/mol. The summed E-state index contributed by atoms with van der Waals surface area (Å²) in [5.41, 5.74) is 8.23. The quantitative estimate of drug-likeness (QED) is 0.264. The molecule has 4 N–H and O–H groups in total. The van der Waals surface area contributed by atoms with Gasteiger partial charge in [-0.05, 0) is 30.8 Å². The number of furan rings is 1. The fourth-order valence-electron chi connectivity index (χ4n) is 4.72. The number of carbonyl (C=O) groups excluding carboxylic acids is 1. The lowest BCUT2D eigenvalue weighted by molar-refractivity contribution is 0.0998. The zero-order valence-electron chi connectivity index (χ0n) is 22.4. The van der Waals surface area contributed by atoms with Gasteiger partial charge >= 0.3 is 0 Å². The SMILES string of the molecule is CCN1CCN(c2ccc(Nc3c(C(=O)Nc4c(F)c(OC)cc(OC)c4F)oc4cnccc34)c(N)c2)CC1. The van der Waals surface area contributed by atoms with Crippen LogP contribution in [0.1, 0.15) is 17.5 Å². The van der Waals surface area contributed by atoms with Gasteiger partial charge in [0.25, 0.3) is 5.91 Å². The summed E-state index contributed by atoms with van der Waals surface area (Å²) in [5, 5.41) is 5.97. The van der Waals surface area contributed by atoms with Crippen molar-refractivity contribution < 1.29 is 27.5 Å². The number of halogens is 2. The molecule has 2 aromatic heterocycles. The van der Waals surface area contributed by atoms with Crippen LogP contribution in [0.4, 0.5) is 37.2 Å². The van der Waals surface area contributed by atoms with E-state index in [1.807, 2.05) is 18.2 Å². The van der Waals surface area contributed by atoms with E-state index >= 15 is 0 Å². The molecule has 3 heterocycles. The lowest BCUT2D eigenvalue weighted by Crippen LogP contribution is -2.46. The van der Waals surface area contributed by atoms with Crippen LogP contribution >= 0.6 is 0 Å². The van der Waals surface area contributed by atoms with Gasteiger partial charge in [0.1, 0.15) is 5.69 Å². The number of nitrogens with one attached hydrogen (secondary N) is 2. The Bertz CT molecular complexity index is 1520. The molecule has 4 aromatic rings. The molecular weight excluding hydrogens is 522 g/mol. The highest BCUT2D eigenvalue weighted by Crippen LogP contribution is 2.38. The lowest BCUT2D eigenvalue weighted by Gasteiger charge is -2.35. The third-order valence-electron chi connectivity index (χ3n) is 6.99. The number of fused-ring (bicyclic) bond motifs is 1. The molecule has 0 saturated carbocycles. The third-order valence-corrected chi connectivity index (χ3v) is 6.99. The predicted octanol–water partition coefficient (Wildman–Crippen LogP) is 4.84. The molecule has 0 unspecified atom stereocenters. The zero-order valence-corrected chi connectivity index (χ0v) is 22.4. The number of benzene rings is 2. The molecule has 40 heavy (non-hydrogen) atoms. The number of amides is 1. The Morgan fingerprint density at radius 3 is 2.38 bits per heavy atom. The molecule has 0 spiro atoms. The van der Waals surface area contributed by atoms with E-state index in [0.717, 1.165) is 44.5 Å². The van der Waals surface area contributed by atoms with Crippen molar-refractivity contribution in [1.82, 2.24) is 9.88 Å². The molecule has 10 nitrogen and oxygen atoms in total. The minimum Gasteiger partial charge on any atom is -0.493 e. The number of nitrogens with zero attached hydrogens (tertiary/aromatic N) is 3. The van der Waals surface area contributed by atoms with E-state index in [4.69, 9.17) is 19.6 Å². The first kappa shape index (κ1) is 27.0. The van der Waals surface area contributed by atoms with E-state index in [9.17, 15) is 13.6 Å². The first-order valence-electron chi connectivity index (χ1n) is 12.8. The van der Waals surface area contributed by atoms with Crippen molar-refractivity contribution in [2.75, 3.05) is 68.2 Å². The van der Waals surface area contributed by atoms with Gasteiger partial charge in [0.2, 0.25) is 5.76 Å². The predicted molar refractivity (Wildman–Crippen MR) is 150 cm³/mol. The zero-order chi connectivity index (χ0) is 28.4. The molecule has 210 valence electrons. The number of nitrogens with two attached hydrogens (primary N) is 1. The standard InChI is InChI=1S/C28H30F2N6O4/c1-4-35-9-11-36(12-10-35)16-5-6-19(18(31)13-16)33-25-17-7-8-32-15-22(17)40-27(25)28(37)34-26-23(29)20(38-2)14-21(39-3)24(26)30/h5-8,13-15,33H,4,9-12,31H2,1-3H3,(H,34,37). The van der Waals surface area contributed by atoms with Gasteiger partial charge in [-0.1, -0.05) is 6.92 Å². The number of ether oxygens (including phenoxy) is 2. The van der Waals surface area contributed by atoms with Crippen LogP contribution in [-0.2, 0) is 0 Å². The summed E-state index contributed by atoms with van der Waals surface area (Å²) in [6.45, 7) is 6.92. The van der Waals surface area contributed by atoms with Gasteiger partial charge in [-0.2, -0.15) is 0 Å². The topological polar surface area (TPSA) is 118 Å². The van der Waals surface area contributed by atoms with Crippen LogP contribution in [0.5, 0.6) is 11.5 Å². The minimum absolute atomic E-state index is 0.220. The number of hydrogen-bond acceptors (Lipinski definition) is 9. The Labute approximate surface area is 229 Å². The number of nitrogen functional groups attached to an aromatic ring is 1. The van der Waals surface area contributed by atoms with E-state index in [1.165, 1.54) is 20.4 Å². The number of likely N-dealkylation sites (N-methyl/N-ethyl adjacent to an activating group) is 1. The maximum atomic E-state index is 14.9. The van der Waals surface area contributed by atoms with Gasteiger partial charge in [-0.3, -0.25) is 9.78 Å². The highest BCUT2D eigenvalue weighted by atomic mass is 19.1. The number of pyridine rings is 1. The molecule has 1 saturated heterocycles. The summed E-state index contributed by atoms with van der Waals surface area (Å²) in [6.07, 6.45) is 2.98. The van der Waals surface area contributed by atoms with Crippen molar-refractivity contribution in [1.29, 1.82) is 0 Å². The summed E-state index contributed by atoms with van der Waals surface area (Å²) in [5.74, 6) is -3.92. The summed E-state index contributed by atoms with van der Waals surface area (Å²) in [6, 6.07) is 8.37. The third kappa shape index (κ3) is 5.05. The summed E-state index contributed by atoms with van der Waals surface area (Å²) in [4.78, 5) is 22.1. The Hall–Kier alpha value is -4.58. The van der Waals surface area contributed by atoms with Crippen molar-refractivity contribution in [2.45, 2.75) is 6.92 Å². The first-order valence-corrected chi connectivity index (χ1v) is 12.8. The van der Waals surface area contributed by atoms with Crippen molar-refractivity contribution in [3.05, 3.63) is 60.1 Å². The fourth-order valence-corrected chi connectivity index (χ4v) is 4.72.